The molecule has 1 saturated heterocycles. The SMILES string of the molecule is Cc1ccc(S(=O)(=O)N2CCN(CC(=O)NCCc3cccs3)CC2)c(C)c1. The molecule has 1 aromatic heterocycles. The number of nitrogens with zero attached hydrogens (tertiary/aromatic N) is 2. The van der Waals surface area contributed by atoms with Crippen molar-refractivity contribution in [2.75, 3.05) is 39.3 Å². The van der Waals surface area contributed by atoms with Crippen LogP contribution in [-0.2, 0) is 21.2 Å². The third-order valence-electron chi connectivity index (χ3n) is 4.92. The maximum atomic E-state index is 12.9. The third kappa shape index (κ3) is 5.20. The zero-order chi connectivity index (χ0) is 20.1. The van der Waals surface area contributed by atoms with E-state index in [9.17, 15) is 13.2 Å². The molecule has 0 radical (unpaired) electrons. The first-order valence-electron chi connectivity index (χ1n) is 9.45. The lowest BCUT2D eigenvalue weighted by Crippen LogP contribution is -2.51. The smallest absolute Gasteiger partial charge is 0.243 e. The van der Waals surface area contributed by atoms with Crippen LogP contribution in [0.25, 0.3) is 0 Å². The van der Waals surface area contributed by atoms with Gasteiger partial charge in [-0.05, 0) is 43.3 Å². The summed E-state index contributed by atoms with van der Waals surface area (Å²) in [5, 5.41) is 4.97. The highest BCUT2D eigenvalue weighted by atomic mass is 32.2. The van der Waals surface area contributed by atoms with Gasteiger partial charge in [-0.2, -0.15) is 4.31 Å². The van der Waals surface area contributed by atoms with Crippen LogP contribution in [0.2, 0.25) is 0 Å². The van der Waals surface area contributed by atoms with E-state index in [1.54, 1.807) is 17.4 Å². The molecule has 0 unspecified atom stereocenters. The first-order chi connectivity index (χ1) is 13.4. The maximum absolute atomic E-state index is 12.9. The molecule has 28 heavy (non-hydrogen) atoms. The minimum absolute atomic E-state index is 0.0118. The fourth-order valence-corrected chi connectivity index (χ4v) is 5.73. The van der Waals surface area contributed by atoms with Crippen molar-refractivity contribution >= 4 is 27.3 Å². The Labute approximate surface area is 171 Å². The Morgan fingerprint density at radius 1 is 1.14 bits per heavy atom. The van der Waals surface area contributed by atoms with Gasteiger partial charge in [-0.15, -0.1) is 11.3 Å². The van der Waals surface area contributed by atoms with E-state index in [0.29, 0.717) is 44.2 Å². The second-order valence-corrected chi connectivity index (χ2v) is 10.1. The van der Waals surface area contributed by atoms with Crippen LogP contribution < -0.4 is 5.32 Å². The van der Waals surface area contributed by atoms with Crippen molar-refractivity contribution in [3.8, 4) is 0 Å². The number of nitrogens with one attached hydrogen (secondary N) is 1. The molecule has 8 heteroatoms. The van der Waals surface area contributed by atoms with Crippen molar-refractivity contribution in [3.63, 3.8) is 0 Å². The topological polar surface area (TPSA) is 69.7 Å². The normalized spacial score (nSPS) is 16.2. The lowest BCUT2D eigenvalue weighted by atomic mass is 10.2. The van der Waals surface area contributed by atoms with E-state index in [-0.39, 0.29) is 5.91 Å². The zero-order valence-electron chi connectivity index (χ0n) is 16.3. The highest BCUT2D eigenvalue weighted by Gasteiger charge is 2.30. The minimum atomic E-state index is -3.49. The highest BCUT2D eigenvalue weighted by Crippen LogP contribution is 2.22. The van der Waals surface area contributed by atoms with E-state index in [4.69, 9.17) is 0 Å². The van der Waals surface area contributed by atoms with Crippen LogP contribution in [0.4, 0.5) is 0 Å². The van der Waals surface area contributed by atoms with Gasteiger partial charge in [0.1, 0.15) is 0 Å². The molecule has 0 spiro atoms. The molecule has 1 amide bonds. The summed E-state index contributed by atoms with van der Waals surface area (Å²) < 4.78 is 27.4. The number of hydrogen-bond acceptors (Lipinski definition) is 5. The Morgan fingerprint density at radius 2 is 1.89 bits per heavy atom. The average Bonchev–Trinajstić information content (AvgIpc) is 3.15. The minimum Gasteiger partial charge on any atom is -0.355 e. The molecule has 0 bridgehead atoms. The summed E-state index contributed by atoms with van der Waals surface area (Å²) >= 11 is 1.69. The summed E-state index contributed by atoms with van der Waals surface area (Å²) in [4.78, 5) is 15.8. The standard InChI is InChI=1S/C20H27N3O3S2/c1-16-5-6-19(17(2)14-16)28(25,26)23-11-9-22(10-12-23)15-20(24)21-8-7-18-4-3-13-27-18/h3-6,13-14H,7-12,15H2,1-2H3,(H,21,24). The van der Waals surface area contributed by atoms with Crippen LogP contribution in [0.5, 0.6) is 0 Å². The average molecular weight is 422 g/mol. The number of amides is 1. The Kier molecular flexibility index (Phi) is 6.87. The van der Waals surface area contributed by atoms with Gasteiger partial charge < -0.3 is 5.32 Å². The predicted octanol–water partition coefficient (Wildman–Crippen LogP) is 2.03. The van der Waals surface area contributed by atoms with E-state index in [1.807, 2.05) is 42.3 Å². The lowest BCUT2D eigenvalue weighted by Gasteiger charge is -2.33. The van der Waals surface area contributed by atoms with Gasteiger partial charge in [0, 0.05) is 37.6 Å². The van der Waals surface area contributed by atoms with Gasteiger partial charge in [-0.25, -0.2) is 8.42 Å². The van der Waals surface area contributed by atoms with E-state index in [0.717, 1.165) is 17.5 Å². The second-order valence-electron chi connectivity index (χ2n) is 7.13. The highest BCUT2D eigenvalue weighted by molar-refractivity contribution is 7.89. The summed E-state index contributed by atoms with van der Waals surface area (Å²) in [6.07, 6.45) is 0.839. The molecule has 0 atom stereocenters. The summed E-state index contributed by atoms with van der Waals surface area (Å²) in [5.41, 5.74) is 1.82. The number of sulfonamides is 1. The van der Waals surface area contributed by atoms with Crippen molar-refractivity contribution in [1.29, 1.82) is 0 Å². The molecule has 0 saturated carbocycles. The molecule has 1 N–H and O–H groups in total. The molecule has 2 aromatic rings. The number of benzene rings is 1. The van der Waals surface area contributed by atoms with Crippen molar-refractivity contribution in [2.24, 2.45) is 0 Å². The predicted molar refractivity (Wildman–Crippen MR) is 112 cm³/mol. The van der Waals surface area contributed by atoms with Crippen molar-refractivity contribution < 1.29 is 13.2 Å². The van der Waals surface area contributed by atoms with Crippen LogP contribution in [0.15, 0.2) is 40.6 Å². The van der Waals surface area contributed by atoms with E-state index >= 15 is 0 Å². The van der Waals surface area contributed by atoms with Crippen LogP contribution in [0.1, 0.15) is 16.0 Å². The number of rotatable bonds is 7. The Balaban J connectivity index is 1.47. The van der Waals surface area contributed by atoms with Gasteiger partial charge in [0.15, 0.2) is 0 Å². The monoisotopic (exact) mass is 421 g/mol. The quantitative estimate of drug-likeness (QED) is 0.743. The maximum Gasteiger partial charge on any atom is 0.243 e. The molecule has 1 aliphatic heterocycles. The number of carbonyl (C=O) groups is 1. The van der Waals surface area contributed by atoms with Crippen LogP contribution >= 0.6 is 11.3 Å². The summed E-state index contributed by atoms with van der Waals surface area (Å²) in [6, 6.07) is 9.48. The zero-order valence-corrected chi connectivity index (χ0v) is 18.0. The number of carbonyl (C=O) groups excluding carboxylic acids is 1. The molecule has 2 heterocycles. The number of aryl methyl sites for hydroxylation is 2. The van der Waals surface area contributed by atoms with E-state index in [1.165, 1.54) is 9.18 Å². The Hall–Kier alpha value is -1.74. The number of thiophene rings is 1. The fraction of sp³-hybridized carbons (Fsp3) is 0.450. The van der Waals surface area contributed by atoms with E-state index < -0.39 is 10.0 Å². The largest absolute Gasteiger partial charge is 0.355 e. The summed E-state index contributed by atoms with van der Waals surface area (Å²) in [7, 11) is -3.49. The van der Waals surface area contributed by atoms with Crippen molar-refractivity contribution in [3.05, 3.63) is 51.7 Å². The molecule has 6 nitrogen and oxygen atoms in total. The second kappa shape index (κ2) is 9.17. The Morgan fingerprint density at radius 3 is 2.54 bits per heavy atom. The molecule has 3 rings (SSSR count). The number of piperazine rings is 1. The first-order valence-corrected chi connectivity index (χ1v) is 11.8. The summed E-state index contributed by atoms with van der Waals surface area (Å²) in [5.74, 6) is -0.0118. The third-order valence-corrected chi connectivity index (χ3v) is 7.92. The molecular weight excluding hydrogens is 394 g/mol. The van der Waals surface area contributed by atoms with Crippen LogP contribution in [0.3, 0.4) is 0 Å². The van der Waals surface area contributed by atoms with Crippen LogP contribution in [0, 0.1) is 13.8 Å². The molecular formula is C20H27N3O3S2. The lowest BCUT2D eigenvalue weighted by molar-refractivity contribution is -0.122. The summed E-state index contributed by atoms with van der Waals surface area (Å²) in [6.45, 7) is 6.63. The van der Waals surface area contributed by atoms with Gasteiger partial charge in [-0.3, -0.25) is 9.69 Å². The van der Waals surface area contributed by atoms with Crippen molar-refractivity contribution in [2.45, 2.75) is 25.2 Å². The van der Waals surface area contributed by atoms with Gasteiger partial charge in [0.05, 0.1) is 11.4 Å². The number of hydrogen-bond donors (Lipinski definition) is 1. The fourth-order valence-electron chi connectivity index (χ4n) is 3.39. The molecule has 1 aliphatic rings. The first kappa shape index (κ1) is 21.0. The Bertz CT molecular complexity index is 903. The van der Waals surface area contributed by atoms with Crippen LogP contribution in [-0.4, -0.2) is 62.8 Å². The van der Waals surface area contributed by atoms with Gasteiger partial charge in [0.2, 0.25) is 15.9 Å². The van der Waals surface area contributed by atoms with E-state index in [2.05, 4.69) is 11.4 Å². The molecule has 152 valence electrons. The van der Waals surface area contributed by atoms with Gasteiger partial charge in [-0.1, -0.05) is 23.8 Å². The molecule has 1 aromatic carbocycles. The molecule has 0 aliphatic carbocycles. The molecule has 1 fully saturated rings. The van der Waals surface area contributed by atoms with Gasteiger partial charge >= 0.3 is 0 Å². The van der Waals surface area contributed by atoms with Crippen molar-refractivity contribution in [1.82, 2.24) is 14.5 Å². The van der Waals surface area contributed by atoms with Gasteiger partial charge in [0.25, 0.3) is 0 Å².